The van der Waals surface area contributed by atoms with Gasteiger partial charge in [-0.05, 0) is 26.2 Å². The third-order valence-electron chi connectivity index (χ3n) is 3.02. The second-order valence-corrected chi connectivity index (χ2v) is 7.19. The van der Waals surface area contributed by atoms with Gasteiger partial charge in [-0.15, -0.1) is 0 Å². The van der Waals surface area contributed by atoms with Gasteiger partial charge in [0.15, 0.2) is 0 Å². The Hall–Kier alpha value is -0.240. The SMILES string of the molecule is CC(C(N)=S)S(=O)(=O)N(C)CC1CCCCO1. The topological polar surface area (TPSA) is 72.6 Å². The molecule has 1 aliphatic rings. The van der Waals surface area contributed by atoms with Crippen molar-refractivity contribution >= 4 is 27.2 Å². The molecule has 1 heterocycles. The number of thiocarbonyl (C=S) groups is 1. The molecule has 7 heteroatoms. The van der Waals surface area contributed by atoms with Gasteiger partial charge >= 0.3 is 0 Å². The summed E-state index contributed by atoms with van der Waals surface area (Å²) in [6.45, 7) is 2.59. The lowest BCUT2D eigenvalue weighted by molar-refractivity contribution is 0.00856. The summed E-state index contributed by atoms with van der Waals surface area (Å²) in [5.41, 5.74) is 5.39. The van der Waals surface area contributed by atoms with E-state index in [0.29, 0.717) is 13.2 Å². The van der Waals surface area contributed by atoms with E-state index in [9.17, 15) is 8.42 Å². The van der Waals surface area contributed by atoms with Crippen molar-refractivity contribution in [1.29, 1.82) is 0 Å². The fourth-order valence-corrected chi connectivity index (χ4v) is 3.33. The van der Waals surface area contributed by atoms with Crippen molar-refractivity contribution in [3.05, 3.63) is 0 Å². The summed E-state index contributed by atoms with van der Waals surface area (Å²) in [5, 5.41) is -0.828. The molecular formula is C10H20N2O3S2. The predicted octanol–water partition coefficient (Wildman–Crippen LogP) is 0.492. The molecule has 0 bridgehead atoms. The summed E-state index contributed by atoms with van der Waals surface area (Å²) in [4.78, 5) is 0.00131. The number of hydrogen-bond donors (Lipinski definition) is 1. The Kier molecular flexibility index (Phi) is 5.30. The summed E-state index contributed by atoms with van der Waals surface area (Å²) in [5.74, 6) is 0. The smallest absolute Gasteiger partial charge is 0.223 e. The van der Waals surface area contributed by atoms with Crippen molar-refractivity contribution in [3.63, 3.8) is 0 Å². The average molecular weight is 280 g/mol. The molecule has 2 unspecified atom stereocenters. The first-order valence-electron chi connectivity index (χ1n) is 5.71. The number of likely N-dealkylation sites (N-methyl/N-ethyl adjacent to an activating group) is 1. The minimum Gasteiger partial charge on any atom is -0.392 e. The van der Waals surface area contributed by atoms with Crippen molar-refractivity contribution in [2.24, 2.45) is 5.73 Å². The van der Waals surface area contributed by atoms with Crippen LogP contribution in [-0.4, -0.2) is 49.3 Å². The lowest BCUT2D eigenvalue weighted by Gasteiger charge is -2.28. The summed E-state index contributed by atoms with van der Waals surface area (Å²) in [6, 6.07) is 0. The Bertz CT molecular complexity index is 364. The van der Waals surface area contributed by atoms with Crippen LogP contribution in [0.15, 0.2) is 0 Å². The highest BCUT2D eigenvalue weighted by molar-refractivity contribution is 7.92. The molecule has 100 valence electrons. The Balaban J connectivity index is 2.62. The van der Waals surface area contributed by atoms with E-state index in [1.807, 2.05) is 0 Å². The van der Waals surface area contributed by atoms with Gasteiger partial charge in [0, 0.05) is 20.2 Å². The molecule has 0 aromatic heterocycles. The molecule has 17 heavy (non-hydrogen) atoms. The molecule has 1 saturated heterocycles. The van der Waals surface area contributed by atoms with Crippen LogP contribution in [0.3, 0.4) is 0 Å². The predicted molar refractivity (Wildman–Crippen MR) is 71.4 cm³/mol. The maximum Gasteiger partial charge on any atom is 0.223 e. The molecule has 0 aromatic rings. The highest BCUT2D eigenvalue weighted by Gasteiger charge is 2.30. The summed E-state index contributed by atoms with van der Waals surface area (Å²) < 4.78 is 30.9. The van der Waals surface area contributed by atoms with Gasteiger partial charge in [0.05, 0.1) is 11.1 Å². The van der Waals surface area contributed by atoms with E-state index < -0.39 is 15.3 Å². The molecule has 0 spiro atoms. The largest absolute Gasteiger partial charge is 0.392 e. The molecule has 5 nitrogen and oxygen atoms in total. The maximum atomic E-state index is 12.0. The normalized spacial score (nSPS) is 23.6. The van der Waals surface area contributed by atoms with Crippen molar-refractivity contribution in [3.8, 4) is 0 Å². The first kappa shape index (κ1) is 14.8. The van der Waals surface area contributed by atoms with Gasteiger partial charge in [-0.25, -0.2) is 12.7 Å². The lowest BCUT2D eigenvalue weighted by atomic mass is 10.1. The molecule has 0 aliphatic carbocycles. The second kappa shape index (κ2) is 6.08. The molecule has 0 saturated carbocycles. The van der Waals surface area contributed by atoms with Gasteiger partial charge in [0.25, 0.3) is 0 Å². The van der Waals surface area contributed by atoms with E-state index >= 15 is 0 Å². The van der Waals surface area contributed by atoms with Crippen LogP contribution in [0.1, 0.15) is 26.2 Å². The van der Waals surface area contributed by atoms with Crippen LogP contribution in [-0.2, 0) is 14.8 Å². The van der Waals surface area contributed by atoms with Crippen molar-refractivity contribution in [2.45, 2.75) is 37.5 Å². The molecule has 0 radical (unpaired) electrons. The van der Waals surface area contributed by atoms with E-state index in [1.54, 1.807) is 7.05 Å². The first-order valence-corrected chi connectivity index (χ1v) is 7.63. The quantitative estimate of drug-likeness (QED) is 0.742. The fourth-order valence-electron chi connectivity index (χ4n) is 1.76. The standard InChI is InChI=1S/C10H20N2O3S2/c1-8(10(11)16)17(13,14)12(2)7-9-5-3-4-6-15-9/h8-9H,3-7H2,1-2H3,(H2,11,16). The van der Waals surface area contributed by atoms with Crippen LogP contribution < -0.4 is 5.73 Å². The third-order valence-corrected chi connectivity index (χ3v) is 5.68. The molecule has 0 amide bonds. The number of nitrogens with zero attached hydrogens (tertiary/aromatic N) is 1. The Labute approximate surface area is 108 Å². The van der Waals surface area contributed by atoms with Crippen molar-refractivity contribution < 1.29 is 13.2 Å². The molecule has 1 rings (SSSR count). The average Bonchev–Trinajstić information content (AvgIpc) is 2.29. The van der Waals surface area contributed by atoms with Gasteiger partial charge in [0.1, 0.15) is 5.25 Å². The minimum absolute atomic E-state index is 0.00131. The Morgan fingerprint density at radius 2 is 2.24 bits per heavy atom. The molecular weight excluding hydrogens is 260 g/mol. The monoisotopic (exact) mass is 280 g/mol. The van der Waals surface area contributed by atoms with Crippen molar-refractivity contribution in [1.82, 2.24) is 4.31 Å². The van der Waals surface area contributed by atoms with Gasteiger partial charge < -0.3 is 10.5 Å². The molecule has 1 fully saturated rings. The van der Waals surface area contributed by atoms with Gasteiger partial charge in [0.2, 0.25) is 10.0 Å². The van der Waals surface area contributed by atoms with Gasteiger partial charge in [-0.1, -0.05) is 12.2 Å². The fraction of sp³-hybridized carbons (Fsp3) is 0.900. The molecule has 1 aliphatic heterocycles. The van der Waals surface area contributed by atoms with E-state index in [-0.39, 0.29) is 11.1 Å². The van der Waals surface area contributed by atoms with Gasteiger partial charge in [-0.3, -0.25) is 0 Å². The Morgan fingerprint density at radius 3 is 2.71 bits per heavy atom. The van der Waals surface area contributed by atoms with E-state index in [4.69, 9.17) is 22.7 Å². The van der Waals surface area contributed by atoms with Crippen LogP contribution in [0.25, 0.3) is 0 Å². The molecule has 2 atom stereocenters. The van der Waals surface area contributed by atoms with Crippen LogP contribution in [0, 0.1) is 0 Å². The number of hydrogen-bond acceptors (Lipinski definition) is 4. The zero-order chi connectivity index (χ0) is 13.1. The Morgan fingerprint density at radius 1 is 1.59 bits per heavy atom. The molecule has 0 aromatic carbocycles. The number of ether oxygens (including phenoxy) is 1. The summed E-state index contributed by atoms with van der Waals surface area (Å²) >= 11 is 4.73. The van der Waals surface area contributed by atoms with Crippen molar-refractivity contribution in [2.75, 3.05) is 20.2 Å². The zero-order valence-corrected chi connectivity index (χ0v) is 11.9. The van der Waals surface area contributed by atoms with E-state index in [2.05, 4.69) is 0 Å². The third kappa shape index (κ3) is 3.87. The highest BCUT2D eigenvalue weighted by Crippen LogP contribution is 2.16. The summed E-state index contributed by atoms with van der Waals surface area (Å²) in [7, 11) is -1.91. The lowest BCUT2D eigenvalue weighted by Crippen LogP contribution is -2.44. The van der Waals surface area contributed by atoms with Crippen LogP contribution in [0.5, 0.6) is 0 Å². The number of rotatable bonds is 5. The van der Waals surface area contributed by atoms with Gasteiger partial charge in [-0.2, -0.15) is 0 Å². The van der Waals surface area contributed by atoms with E-state index in [0.717, 1.165) is 19.3 Å². The number of sulfonamides is 1. The number of nitrogens with two attached hydrogens (primary N) is 1. The van der Waals surface area contributed by atoms with Crippen LogP contribution in [0.4, 0.5) is 0 Å². The molecule has 2 N–H and O–H groups in total. The van der Waals surface area contributed by atoms with Crippen LogP contribution in [0.2, 0.25) is 0 Å². The zero-order valence-electron chi connectivity index (χ0n) is 10.3. The summed E-state index contributed by atoms with van der Waals surface area (Å²) in [6.07, 6.45) is 3.03. The maximum absolute atomic E-state index is 12.0. The van der Waals surface area contributed by atoms with Crippen LogP contribution >= 0.6 is 12.2 Å². The first-order chi connectivity index (χ1) is 7.85. The minimum atomic E-state index is -3.45. The second-order valence-electron chi connectivity index (χ2n) is 4.36. The highest BCUT2D eigenvalue weighted by atomic mass is 32.2. The van der Waals surface area contributed by atoms with E-state index in [1.165, 1.54) is 11.2 Å².